The molecule has 2 heterocycles. The van der Waals surface area contributed by atoms with E-state index < -0.39 is 0 Å². The lowest BCUT2D eigenvalue weighted by Crippen LogP contribution is -2.33. The van der Waals surface area contributed by atoms with E-state index in [2.05, 4.69) is 10.1 Å². The normalized spacial score (nSPS) is 13.0. The second-order valence-electron chi connectivity index (χ2n) is 7.89. The van der Waals surface area contributed by atoms with E-state index in [-0.39, 0.29) is 11.9 Å². The number of rotatable bonds is 8. The number of para-hydroxylation sites is 1. The maximum Gasteiger partial charge on any atom is 0.273 e. The van der Waals surface area contributed by atoms with Crippen molar-refractivity contribution in [3.63, 3.8) is 0 Å². The average Bonchev–Trinajstić information content (AvgIpc) is 3.36. The molecule has 2 aromatic carbocycles. The van der Waals surface area contributed by atoms with Gasteiger partial charge in [0.25, 0.3) is 5.91 Å². The third-order valence-electron chi connectivity index (χ3n) is 5.65. The average molecular weight is 461 g/mol. The zero-order chi connectivity index (χ0) is 22.8. The first-order valence-corrected chi connectivity index (χ1v) is 11.6. The Morgan fingerprint density at radius 1 is 1.15 bits per heavy atom. The Morgan fingerprint density at radius 3 is 2.70 bits per heavy atom. The number of carbonyl (C=O) groups is 1. The van der Waals surface area contributed by atoms with Gasteiger partial charge >= 0.3 is 0 Å². The Hall–Kier alpha value is -3.65. The Labute approximate surface area is 196 Å². The van der Waals surface area contributed by atoms with Crippen LogP contribution in [0, 0.1) is 0 Å². The summed E-state index contributed by atoms with van der Waals surface area (Å²) in [4.78, 5) is 20.0. The second-order valence-corrected chi connectivity index (χ2v) is 8.75. The zero-order valence-corrected chi connectivity index (χ0v) is 19.3. The predicted octanol–water partition coefficient (Wildman–Crippen LogP) is 4.82. The van der Waals surface area contributed by atoms with Gasteiger partial charge in [-0.3, -0.25) is 4.79 Å². The van der Waals surface area contributed by atoms with Gasteiger partial charge in [0.15, 0.2) is 0 Å². The van der Waals surface area contributed by atoms with Crippen LogP contribution in [-0.2, 0) is 6.54 Å². The third kappa shape index (κ3) is 4.47. The predicted molar refractivity (Wildman–Crippen MR) is 127 cm³/mol. The molecule has 1 amide bonds. The first-order chi connectivity index (χ1) is 16.2. The summed E-state index contributed by atoms with van der Waals surface area (Å²) in [5.41, 5.74) is 3.23. The summed E-state index contributed by atoms with van der Waals surface area (Å²) < 4.78 is 12.7. The highest BCUT2D eigenvalue weighted by atomic mass is 32.1. The van der Waals surface area contributed by atoms with Crippen LogP contribution in [0.25, 0.3) is 16.3 Å². The van der Waals surface area contributed by atoms with Crippen LogP contribution in [0.2, 0.25) is 0 Å². The van der Waals surface area contributed by atoms with Crippen molar-refractivity contribution in [3.8, 4) is 27.8 Å². The highest BCUT2D eigenvalue weighted by molar-refractivity contribution is 7.13. The lowest BCUT2D eigenvalue weighted by molar-refractivity contribution is 0.0723. The number of thiazole rings is 1. The largest absolute Gasteiger partial charge is 0.497 e. The number of nitrogens with zero attached hydrogens (tertiary/aromatic N) is 4. The summed E-state index contributed by atoms with van der Waals surface area (Å²) in [6.45, 7) is 0.447. The fourth-order valence-electron chi connectivity index (χ4n) is 3.75. The number of benzene rings is 2. The minimum absolute atomic E-state index is 0.0691. The molecule has 1 fully saturated rings. The minimum atomic E-state index is -0.0691. The van der Waals surface area contributed by atoms with Crippen LogP contribution in [0.15, 0.2) is 66.3 Å². The SMILES string of the molecule is COc1ccc(OC)c(CN(C(=O)c2csc(-c3cnn(-c4ccccc4)c3)n2)C2CC2)c1. The summed E-state index contributed by atoms with van der Waals surface area (Å²) >= 11 is 1.45. The molecule has 0 saturated heterocycles. The fourth-order valence-corrected chi connectivity index (χ4v) is 4.52. The molecule has 7 nitrogen and oxygen atoms in total. The number of carbonyl (C=O) groups excluding carboxylic acids is 1. The van der Waals surface area contributed by atoms with Gasteiger partial charge in [-0.15, -0.1) is 11.3 Å². The summed E-state index contributed by atoms with van der Waals surface area (Å²) in [6.07, 6.45) is 5.71. The van der Waals surface area contributed by atoms with Gasteiger partial charge < -0.3 is 14.4 Å². The molecule has 1 aliphatic rings. The molecule has 0 unspecified atom stereocenters. The number of methoxy groups -OCH3 is 2. The van der Waals surface area contributed by atoms with Crippen LogP contribution in [0.3, 0.4) is 0 Å². The van der Waals surface area contributed by atoms with Crippen LogP contribution < -0.4 is 9.47 Å². The smallest absolute Gasteiger partial charge is 0.273 e. The molecule has 8 heteroatoms. The summed E-state index contributed by atoms with van der Waals surface area (Å²) in [5.74, 6) is 1.40. The third-order valence-corrected chi connectivity index (χ3v) is 6.54. The molecule has 1 saturated carbocycles. The maximum atomic E-state index is 13.4. The standard InChI is InChI=1S/C25H24N4O3S/c1-31-21-10-11-23(32-2)17(12-21)14-28(19-8-9-19)25(30)22-16-33-24(27-22)18-13-26-29(15-18)20-6-4-3-5-7-20/h3-7,10-13,15-16,19H,8-9,14H2,1-2H3. The van der Waals surface area contributed by atoms with Gasteiger partial charge in [-0.1, -0.05) is 18.2 Å². The number of ether oxygens (including phenoxy) is 2. The summed E-state index contributed by atoms with van der Waals surface area (Å²) in [7, 11) is 3.27. The maximum absolute atomic E-state index is 13.4. The fraction of sp³-hybridized carbons (Fsp3) is 0.240. The monoisotopic (exact) mass is 460 g/mol. The van der Waals surface area contributed by atoms with Crippen molar-refractivity contribution in [1.82, 2.24) is 19.7 Å². The molecular weight excluding hydrogens is 436 g/mol. The molecule has 0 radical (unpaired) electrons. The lowest BCUT2D eigenvalue weighted by Gasteiger charge is -2.23. The van der Waals surface area contributed by atoms with Crippen molar-refractivity contribution in [2.45, 2.75) is 25.4 Å². The molecule has 1 aliphatic carbocycles. The van der Waals surface area contributed by atoms with E-state index in [0.717, 1.165) is 46.2 Å². The van der Waals surface area contributed by atoms with Crippen LogP contribution in [0.1, 0.15) is 28.9 Å². The molecule has 0 aliphatic heterocycles. The van der Waals surface area contributed by atoms with Crippen LogP contribution in [-0.4, -0.2) is 45.8 Å². The molecule has 168 valence electrons. The molecule has 2 aromatic heterocycles. The van der Waals surface area contributed by atoms with Gasteiger partial charge in [-0.2, -0.15) is 5.10 Å². The van der Waals surface area contributed by atoms with Gasteiger partial charge in [-0.25, -0.2) is 9.67 Å². The Kier molecular flexibility index (Phi) is 5.83. The lowest BCUT2D eigenvalue weighted by atomic mass is 10.1. The van der Waals surface area contributed by atoms with E-state index in [0.29, 0.717) is 12.2 Å². The first kappa shape index (κ1) is 21.2. The molecule has 0 spiro atoms. The molecule has 5 rings (SSSR count). The van der Waals surface area contributed by atoms with E-state index in [1.807, 2.05) is 69.7 Å². The van der Waals surface area contributed by atoms with Crippen molar-refractivity contribution in [1.29, 1.82) is 0 Å². The van der Waals surface area contributed by atoms with Gasteiger partial charge in [0.05, 0.1) is 32.6 Å². The van der Waals surface area contributed by atoms with Gasteiger partial charge in [0.2, 0.25) is 0 Å². The molecule has 0 N–H and O–H groups in total. The van der Waals surface area contributed by atoms with Crippen LogP contribution in [0.5, 0.6) is 11.5 Å². The van der Waals surface area contributed by atoms with Gasteiger partial charge in [-0.05, 0) is 43.2 Å². The Bertz CT molecular complexity index is 1260. The highest BCUT2D eigenvalue weighted by Crippen LogP contribution is 2.34. The van der Waals surface area contributed by atoms with Crippen LogP contribution >= 0.6 is 11.3 Å². The van der Waals surface area contributed by atoms with E-state index in [1.54, 1.807) is 20.4 Å². The molecule has 0 atom stereocenters. The Balaban J connectivity index is 1.38. The molecule has 4 aromatic rings. The van der Waals surface area contributed by atoms with Crippen LogP contribution in [0.4, 0.5) is 0 Å². The molecule has 0 bridgehead atoms. The number of amides is 1. The van der Waals surface area contributed by atoms with E-state index in [4.69, 9.17) is 9.47 Å². The first-order valence-electron chi connectivity index (χ1n) is 10.7. The van der Waals surface area contributed by atoms with Crippen molar-refractivity contribution >= 4 is 17.2 Å². The summed E-state index contributed by atoms with van der Waals surface area (Å²) in [5, 5.41) is 7.05. The number of hydrogen-bond acceptors (Lipinski definition) is 6. The van der Waals surface area contributed by atoms with Gasteiger partial charge in [0, 0.05) is 28.7 Å². The minimum Gasteiger partial charge on any atom is -0.497 e. The quantitative estimate of drug-likeness (QED) is 0.377. The zero-order valence-electron chi connectivity index (χ0n) is 18.5. The topological polar surface area (TPSA) is 69.5 Å². The number of hydrogen-bond donors (Lipinski definition) is 0. The highest BCUT2D eigenvalue weighted by Gasteiger charge is 2.34. The molecular formula is C25H24N4O3S. The van der Waals surface area contributed by atoms with Crippen molar-refractivity contribution in [2.24, 2.45) is 0 Å². The molecule has 33 heavy (non-hydrogen) atoms. The van der Waals surface area contributed by atoms with Crippen molar-refractivity contribution in [2.75, 3.05) is 14.2 Å². The van der Waals surface area contributed by atoms with Gasteiger partial charge in [0.1, 0.15) is 22.2 Å². The van der Waals surface area contributed by atoms with Crippen molar-refractivity contribution in [3.05, 3.63) is 77.6 Å². The van der Waals surface area contributed by atoms with E-state index >= 15 is 0 Å². The summed E-state index contributed by atoms with van der Waals surface area (Å²) in [6, 6.07) is 15.8. The Morgan fingerprint density at radius 2 is 1.97 bits per heavy atom. The number of aromatic nitrogens is 3. The van der Waals surface area contributed by atoms with E-state index in [9.17, 15) is 4.79 Å². The van der Waals surface area contributed by atoms with E-state index in [1.165, 1.54) is 11.3 Å². The van der Waals surface area contributed by atoms with Crippen molar-refractivity contribution < 1.29 is 14.3 Å². The second kappa shape index (κ2) is 9.07.